The summed E-state index contributed by atoms with van der Waals surface area (Å²) in [6.07, 6.45) is 18.8. The molecule has 8 aliphatic rings. The molecule has 668 valence electrons. The number of hydrogen-bond acceptors (Lipinski definition) is 17. The third kappa shape index (κ3) is 22.0. The van der Waals surface area contributed by atoms with Crippen LogP contribution >= 0.6 is 23.2 Å². The Morgan fingerprint density at radius 2 is 0.843 bits per heavy atom. The van der Waals surface area contributed by atoms with E-state index in [4.69, 9.17) is 70.0 Å². The predicted octanol–water partition coefficient (Wildman–Crippen LogP) is 20.7. The molecule has 0 radical (unpaired) electrons. The second kappa shape index (κ2) is 41.2. The molecule has 0 N–H and O–H groups in total. The molecule has 0 saturated carbocycles. The molecule has 19 rings (SSSR count). The summed E-state index contributed by atoms with van der Waals surface area (Å²) in [6.45, 7) is 18.0. The quantitative estimate of drug-likeness (QED) is 0.0826. The highest BCUT2D eigenvalue weighted by atomic mass is 35.5. The molecule has 7 aromatic carbocycles. The molecule has 8 aliphatic heterocycles. The first-order valence-corrected chi connectivity index (χ1v) is 46.0. The third-order valence-electron chi connectivity index (χ3n) is 26.5. The van der Waals surface area contributed by atoms with Gasteiger partial charge >= 0.3 is 0 Å². The van der Waals surface area contributed by atoms with Crippen molar-refractivity contribution in [1.29, 1.82) is 0 Å². The van der Waals surface area contributed by atoms with E-state index in [2.05, 4.69) is 100 Å². The molecule has 4 aromatic heterocycles. The largest absolute Gasteiger partial charge is 0.443 e. The van der Waals surface area contributed by atoms with Gasteiger partial charge in [-0.25, -0.2) is 14.4 Å². The Balaban J connectivity index is 0.000000125. The van der Waals surface area contributed by atoms with Gasteiger partial charge in [-0.15, -0.1) is 0 Å². The molecule has 8 atom stereocenters. The van der Waals surface area contributed by atoms with Crippen molar-refractivity contribution < 1.29 is 70.4 Å². The molecule has 12 heterocycles. The zero-order chi connectivity index (χ0) is 88.1. The van der Waals surface area contributed by atoms with Crippen molar-refractivity contribution in [2.24, 2.45) is 0 Å². The maximum atomic E-state index is 13.3. The van der Waals surface area contributed by atoms with Gasteiger partial charge < -0.3 is 70.8 Å². The molecule has 22 nitrogen and oxygen atoms in total. The van der Waals surface area contributed by atoms with Gasteiger partial charge in [-0.1, -0.05) is 180 Å². The molecular formula is C102H115Cl2FN8O14. The zero-order valence-corrected chi connectivity index (χ0v) is 74.6. The van der Waals surface area contributed by atoms with E-state index >= 15 is 0 Å². The molecule has 25 heteroatoms. The second-order valence-electron chi connectivity index (χ2n) is 34.9. The summed E-state index contributed by atoms with van der Waals surface area (Å²) >= 11 is 12.2. The number of nitrogens with zero attached hydrogens (tertiary/aromatic N) is 8. The number of pyridine rings is 1. The Morgan fingerprint density at radius 1 is 0.441 bits per heavy atom. The molecule has 4 spiro atoms. The van der Waals surface area contributed by atoms with Gasteiger partial charge in [0.2, 0.25) is 0 Å². The minimum absolute atomic E-state index is 0.00899. The number of fused-ring (bicyclic) bond motifs is 2. The fraction of sp³-hybridized carbons (Fsp3) is 0.441. The first kappa shape index (κ1) is 90.3. The fourth-order valence-electron chi connectivity index (χ4n) is 19.9. The standard InChI is InChI=1S/C28H32N2O4.C25H28ClN3O3.C25H28N2O4.C24H27ClFNO3/c1-3-32-23-17-25(21-7-5-4-6-8-21)33-28(19-23)13-15-30(16-14-28)27(31)24-18-26(34-29-24)22-11-9-20(2)10-12-22;1-2-31-20-14-22(18-6-4-3-5-7-18)32-25(15-20)10-12-28(13-11-25)24(30)21-17-29-16-19(26)8-9-23(29)27-21;1-2-29-20-15-22(18-6-4-3-5-7-18)31-25(16-20)10-12-27(13-11-25)24(28)19-8-9-21-23(14-19)30-17-26-21;1-2-29-19-15-22(17-6-4-3-5-7-17)30-24(16-19)10-12-27(13-11-24)23(28)20-9-8-18(26)14-21(20)25/h4-12,18,23,25H,3,13-17,19H2,1-2H3;3-9,16-17,20,22H,2,10-15H2,1H3;3-9,14,17,20,22H,2,10-13,15-16H2,1H3;3-9,14,19,22H,2,10-13,15-16H2,1H3. The maximum absolute atomic E-state index is 13.3. The summed E-state index contributed by atoms with van der Waals surface area (Å²) < 4.78 is 77.0. The lowest BCUT2D eigenvalue weighted by Crippen LogP contribution is -2.52. The number of oxazole rings is 1. The number of hydrogen-bond donors (Lipinski definition) is 0. The number of carbonyl (C=O) groups is 4. The van der Waals surface area contributed by atoms with Crippen molar-refractivity contribution >= 4 is 63.6 Å². The summed E-state index contributed by atoms with van der Waals surface area (Å²) in [6, 6.07) is 64.1. The van der Waals surface area contributed by atoms with E-state index in [-0.39, 0.29) is 99.9 Å². The first-order valence-electron chi connectivity index (χ1n) is 45.3. The van der Waals surface area contributed by atoms with Crippen LogP contribution in [0.25, 0.3) is 28.1 Å². The number of aryl methyl sites for hydroxylation is 1. The highest BCUT2D eigenvalue weighted by Crippen LogP contribution is 2.49. The SMILES string of the molecule is CCOC1CC(c2ccccc2)OC2(CCN(C(=O)c3cc(-c4ccc(C)cc4)on3)CC2)C1.CCOC1CC(c2ccccc2)OC2(CCN(C(=O)c3ccc(F)cc3Cl)CC2)C1.CCOC1CC(c2ccccc2)OC2(CCN(C(=O)c3ccc4ncoc4c3)CC2)C1.CCOC1CC(c2ccccc2)OC2(CCN(C(=O)c3cn4cc(Cl)ccc4n3)CC2)C1. The molecule has 127 heavy (non-hydrogen) atoms. The fourth-order valence-corrected chi connectivity index (χ4v) is 20.3. The van der Waals surface area contributed by atoms with Crippen LogP contribution in [-0.2, 0) is 37.9 Å². The van der Waals surface area contributed by atoms with Gasteiger partial charge in [0.25, 0.3) is 23.6 Å². The van der Waals surface area contributed by atoms with Crippen LogP contribution in [0.1, 0.15) is 224 Å². The summed E-state index contributed by atoms with van der Waals surface area (Å²) in [5.41, 5.74) is 9.65. The first-order chi connectivity index (χ1) is 61.7. The Hall–Kier alpha value is -10.0. The van der Waals surface area contributed by atoms with E-state index in [0.717, 1.165) is 119 Å². The highest BCUT2D eigenvalue weighted by molar-refractivity contribution is 6.33. The van der Waals surface area contributed by atoms with Crippen LogP contribution in [0, 0.1) is 12.7 Å². The number of benzene rings is 7. The molecule has 0 aliphatic carbocycles. The Bertz CT molecular complexity index is 5460. The van der Waals surface area contributed by atoms with Crippen LogP contribution in [0.2, 0.25) is 10.0 Å². The summed E-state index contributed by atoms with van der Waals surface area (Å²) in [5.74, 6) is -0.0990. The molecule has 4 amide bonds. The Kier molecular flexibility index (Phi) is 29.3. The third-order valence-corrected chi connectivity index (χ3v) is 27.0. The predicted molar refractivity (Wildman–Crippen MR) is 483 cm³/mol. The van der Waals surface area contributed by atoms with Crippen molar-refractivity contribution in [2.45, 2.75) is 209 Å². The minimum atomic E-state index is -0.446. The number of rotatable bonds is 17. The minimum Gasteiger partial charge on any atom is -0.443 e. The second-order valence-corrected chi connectivity index (χ2v) is 35.7. The number of aromatic nitrogens is 4. The van der Waals surface area contributed by atoms with E-state index in [9.17, 15) is 23.6 Å². The smallest absolute Gasteiger partial charge is 0.276 e. The maximum Gasteiger partial charge on any atom is 0.276 e. The van der Waals surface area contributed by atoms with Gasteiger partial charge in [-0.2, -0.15) is 0 Å². The molecule has 8 saturated heterocycles. The van der Waals surface area contributed by atoms with Crippen LogP contribution in [0.15, 0.2) is 228 Å². The van der Waals surface area contributed by atoms with Crippen LogP contribution in [0.3, 0.4) is 0 Å². The number of likely N-dealkylation sites (tertiary alicyclic amines) is 4. The van der Waals surface area contributed by atoms with Crippen LogP contribution in [-0.4, -0.2) is 188 Å². The van der Waals surface area contributed by atoms with Gasteiger partial charge in [-0.05, 0) is 157 Å². The average molecular weight is 1770 g/mol. The number of carbonyl (C=O) groups excluding carboxylic acids is 4. The zero-order valence-electron chi connectivity index (χ0n) is 73.1. The van der Waals surface area contributed by atoms with Crippen molar-refractivity contribution in [3.63, 3.8) is 0 Å². The average Bonchev–Trinajstić information content (AvgIpc) is 1.52. The number of halogens is 3. The number of piperidine rings is 4. The lowest BCUT2D eigenvalue weighted by atomic mass is 9.80. The van der Waals surface area contributed by atoms with Gasteiger partial charge in [0.15, 0.2) is 23.4 Å². The number of ether oxygens (including phenoxy) is 8. The van der Waals surface area contributed by atoms with E-state index in [1.165, 1.54) is 46.8 Å². The Labute approximate surface area is 752 Å². The molecule has 8 unspecified atom stereocenters. The van der Waals surface area contributed by atoms with Crippen LogP contribution in [0.5, 0.6) is 0 Å². The van der Waals surface area contributed by atoms with Gasteiger partial charge in [0, 0.05) is 160 Å². The van der Waals surface area contributed by atoms with E-state index < -0.39 is 5.82 Å². The molecule has 0 bridgehead atoms. The molecule has 11 aromatic rings. The molecule has 8 fully saturated rings. The van der Waals surface area contributed by atoms with E-state index in [0.29, 0.717) is 123 Å². The molecular weight excluding hydrogens is 1650 g/mol. The van der Waals surface area contributed by atoms with E-state index in [1.54, 1.807) is 39.9 Å². The van der Waals surface area contributed by atoms with Gasteiger partial charge in [0.1, 0.15) is 22.7 Å². The van der Waals surface area contributed by atoms with Crippen LogP contribution in [0.4, 0.5) is 4.39 Å². The lowest BCUT2D eigenvalue weighted by Gasteiger charge is -2.48. The number of amides is 4. The monoisotopic (exact) mass is 1760 g/mol. The summed E-state index contributed by atoms with van der Waals surface area (Å²) in [7, 11) is 0. The van der Waals surface area contributed by atoms with Crippen molar-refractivity contribution in [3.8, 4) is 11.3 Å². The lowest BCUT2D eigenvalue weighted by molar-refractivity contribution is -0.191. The van der Waals surface area contributed by atoms with E-state index in [1.807, 2.05) is 128 Å². The number of imidazole rings is 1. The van der Waals surface area contributed by atoms with Crippen molar-refractivity contribution in [2.75, 3.05) is 78.8 Å². The summed E-state index contributed by atoms with van der Waals surface area (Å²) in [4.78, 5) is 68.4. The van der Waals surface area contributed by atoms with Crippen LogP contribution < -0.4 is 0 Å². The normalized spacial score (nSPS) is 23.0. The van der Waals surface area contributed by atoms with Crippen molar-refractivity contribution in [1.82, 2.24) is 39.1 Å². The van der Waals surface area contributed by atoms with Gasteiger partial charge in [-0.3, -0.25) is 19.2 Å². The summed E-state index contributed by atoms with van der Waals surface area (Å²) in [5, 5.41) is 4.82. The van der Waals surface area contributed by atoms with Gasteiger partial charge in [0.05, 0.1) is 86.8 Å². The van der Waals surface area contributed by atoms with Crippen molar-refractivity contribution in [3.05, 3.63) is 285 Å². The Morgan fingerprint density at radius 3 is 1.25 bits per heavy atom. The topological polar surface area (TPSA) is 224 Å². The highest BCUT2D eigenvalue weighted by Gasteiger charge is 2.50.